The molecule has 0 atom stereocenters. The van der Waals surface area contributed by atoms with Crippen LogP contribution in [0.2, 0.25) is 0 Å². The Morgan fingerprint density at radius 1 is 1.12 bits per heavy atom. The molecule has 0 radical (unpaired) electrons. The molecule has 0 saturated carbocycles. The van der Waals surface area contributed by atoms with E-state index in [1.54, 1.807) is 0 Å². The molecular formula is C17H13F4N3O2. The van der Waals surface area contributed by atoms with Crippen molar-refractivity contribution in [3.05, 3.63) is 59.4 Å². The number of ether oxygens (including phenoxy) is 1. The fourth-order valence-electron chi connectivity index (χ4n) is 2.31. The van der Waals surface area contributed by atoms with E-state index in [0.717, 1.165) is 11.0 Å². The fourth-order valence-corrected chi connectivity index (χ4v) is 2.31. The number of nitrogens with one attached hydrogen (secondary N) is 2. The standard InChI is InChI=1S/C17H13F4N3O2/c18-9-7-10(19)16(21)17(15(9)20)26-8-14(25)22-6-5-13-23-11-3-1-2-4-12(11)24-13/h1-4,7H,5-6,8H2,(H,22,25)(H,23,24). The Hall–Kier alpha value is -3.10. The first-order chi connectivity index (χ1) is 12.5. The van der Waals surface area contributed by atoms with Crippen LogP contribution in [-0.4, -0.2) is 29.0 Å². The van der Waals surface area contributed by atoms with Crippen LogP contribution in [0.3, 0.4) is 0 Å². The van der Waals surface area contributed by atoms with Crippen LogP contribution in [0.5, 0.6) is 5.75 Å². The molecule has 1 heterocycles. The lowest BCUT2D eigenvalue weighted by atomic mass is 10.3. The molecule has 0 saturated heterocycles. The summed E-state index contributed by atoms with van der Waals surface area (Å²) < 4.78 is 57.5. The van der Waals surface area contributed by atoms with Gasteiger partial charge >= 0.3 is 0 Å². The van der Waals surface area contributed by atoms with Crippen molar-refractivity contribution in [2.75, 3.05) is 13.2 Å². The Morgan fingerprint density at radius 2 is 1.81 bits per heavy atom. The van der Waals surface area contributed by atoms with E-state index < -0.39 is 41.5 Å². The zero-order valence-corrected chi connectivity index (χ0v) is 13.3. The molecule has 0 aliphatic rings. The van der Waals surface area contributed by atoms with Crippen LogP contribution in [0.25, 0.3) is 11.0 Å². The van der Waals surface area contributed by atoms with Crippen LogP contribution in [0.1, 0.15) is 5.82 Å². The third kappa shape index (κ3) is 3.76. The first kappa shape index (κ1) is 17.7. The number of halogens is 4. The van der Waals surface area contributed by atoms with Gasteiger partial charge in [0.05, 0.1) is 11.0 Å². The van der Waals surface area contributed by atoms with Gasteiger partial charge in [0.1, 0.15) is 5.82 Å². The quantitative estimate of drug-likeness (QED) is 0.520. The molecule has 26 heavy (non-hydrogen) atoms. The van der Waals surface area contributed by atoms with Gasteiger partial charge in [-0.05, 0) is 12.1 Å². The van der Waals surface area contributed by atoms with Crippen LogP contribution in [-0.2, 0) is 11.2 Å². The second-order valence-electron chi connectivity index (χ2n) is 5.39. The maximum absolute atomic E-state index is 13.4. The summed E-state index contributed by atoms with van der Waals surface area (Å²) in [5.74, 6) is -7.93. The SMILES string of the molecule is O=C(COc1c(F)c(F)cc(F)c1F)NCCc1nc2ccccc2[nH]1. The number of fused-ring (bicyclic) bond motifs is 1. The molecule has 1 aromatic heterocycles. The molecule has 5 nitrogen and oxygen atoms in total. The third-order valence-corrected chi connectivity index (χ3v) is 3.54. The van der Waals surface area contributed by atoms with Gasteiger partial charge in [0.2, 0.25) is 11.6 Å². The third-order valence-electron chi connectivity index (χ3n) is 3.54. The number of carbonyl (C=O) groups is 1. The largest absolute Gasteiger partial charge is 0.477 e. The molecular weight excluding hydrogens is 354 g/mol. The molecule has 2 N–H and O–H groups in total. The van der Waals surface area contributed by atoms with Gasteiger partial charge in [-0.2, -0.15) is 8.78 Å². The van der Waals surface area contributed by atoms with E-state index in [4.69, 9.17) is 0 Å². The summed E-state index contributed by atoms with van der Waals surface area (Å²) in [6.45, 7) is -0.610. The van der Waals surface area contributed by atoms with Gasteiger partial charge in [0, 0.05) is 19.0 Å². The van der Waals surface area contributed by atoms with Crippen LogP contribution in [0, 0.1) is 23.3 Å². The van der Waals surface area contributed by atoms with Gasteiger partial charge in [0.15, 0.2) is 24.0 Å². The second kappa shape index (κ2) is 7.42. The number of H-pyrrole nitrogens is 1. The Kier molecular flexibility index (Phi) is 5.06. The van der Waals surface area contributed by atoms with E-state index in [1.165, 1.54) is 0 Å². The van der Waals surface area contributed by atoms with Crippen molar-refractivity contribution in [1.82, 2.24) is 15.3 Å². The molecule has 9 heteroatoms. The summed E-state index contributed by atoms with van der Waals surface area (Å²) in [5, 5.41) is 2.46. The van der Waals surface area contributed by atoms with E-state index in [9.17, 15) is 22.4 Å². The van der Waals surface area contributed by atoms with Gasteiger partial charge in [-0.1, -0.05) is 12.1 Å². The Labute approximate surface area is 145 Å². The highest BCUT2D eigenvalue weighted by molar-refractivity contribution is 5.77. The minimum Gasteiger partial charge on any atom is -0.477 e. The molecule has 136 valence electrons. The predicted molar refractivity (Wildman–Crippen MR) is 84.6 cm³/mol. The van der Waals surface area contributed by atoms with Crippen molar-refractivity contribution in [2.45, 2.75) is 6.42 Å². The molecule has 0 aliphatic heterocycles. The van der Waals surface area contributed by atoms with E-state index in [1.807, 2.05) is 24.3 Å². The number of nitrogens with zero attached hydrogens (tertiary/aromatic N) is 1. The molecule has 2 aromatic carbocycles. The number of benzene rings is 2. The van der Waals surface area contributed by atoms with Crippen molar-refractivity contribution in [2.24, 2.45) is 0 Å². The number of aromatic nitrogens is 2. The number of rotatable bonds is 6. The van der Waals surface area contributed by atoms with E-state index in [0.29, 0.717) is 12.2 Å². The fraction of sp³-hybridized carbons (Fsp3) is 0.176. The molecule has 0 aliphatic carbocycles. The molecule has 3 rings (SSSR count). The lowest BCUT2D eigenvalue weighted by molar-refractivity contribution is -0.123. The zero-order chi connectivity index (χ0) is 18.7. The Morgan fingerprint density at radius 3 is 2.50 bits per heavy atom. The van der Waals surface area contributed by atoms with E-state index in [-0.39, 0.29) is 12.6 Å². The summed E-state index contributed by atoms with van der Waals surface area (Å²) >= 11 is 0. The lowest BCUT2D eigenvalue weighted by Crippen LogP contribution is -2.31. The molecule has 0 spiro atoms. The minimum absolute atomic E-state index is 0.0605. The van der Waals surface area contributed by atoms with Crippen LogP contribution >= 0.6 is 0 Å². The first-order valence-electron chi connectivity index (χ1n) is 7.62. The van der Waals surface area contributed by atoms with Crippen LogP contribution < -0.4 is 10.1 Å². The number of carbonyl (C=O) groups excluding carboxylic acids is 1. The van der Waals surface area contributed by atoms with Crippen LogP contribution in [0.4, 0.5) is 17.6 Å². The minimum atomic E-state index is -1.70. The maximum atomic E-state index is 13.4. The van der Waals surface area contributed by atoms with Gasteiger partial charge in [0.25, 0.3) is 5.91 Å². The van der Waals surface area contributed by atoms with Crippen molar-refractivity contribution >= 4 is 16.9 Å². The molecule has 1 amide bonds. The zero-order valence-electron chi connectivity index (χ0n) is 13.3. The monoisotopic (exact) mass is 367 g/mol. The number of hydrogen-bond acceptors (Lipinski definition) is 3. The normalized spacial score (nSPS) is 10.9. The van der Waals surface area contributed by atoms with Gasteiger partial charge < -0.3 is 15.0 Å². The van der Waals surface area contributed by atoms with Crippen molar-refractivity contribution < 1.29 is 27.1 Å². The van der Waals surface area contributed by atoms with E-state index in [2.05, 4.69) is 20.0 Å². The highest BCUT2D eigenvalue weighted by atomic mass is 19.2. The Bertz CT molecular complexity index is 899. The highest BCUT2D eigenvalue weighted by Gasteiger charge is 2.21. The molecule has 3 aromatic rings. The topological polar surface area (TPSA) is 67.0 Å². The molecule has 0 unspecified atom stereocenters. The van der Waals surface area contributed by atoms with Crippen molar-refractivity contribution in [3.8, 4) is 5.75 Å². The Balaban J connectivity index is 1.52. The number of imidazole rings is 1. The number of hydrogen-bond donors (Lipinski definition) is 2. The summed E-state index contributed by atoms with van der Waals surface area (Å²) in [6.07, 6.45) is 0.387. The van der Waals surface area contributed by atoms with Crippen molar-refractivity contribution in [3.63, 3.8) is 0 Å². The highest BCUT2D eigenvalue weighted by Crippen LogP contribution is 2.26. The average Bonchev–Trinajstić information content (AvgIpc) is 3.03. The van der Waals surface area contributed by atoms with Crippen LogP contribution in [0.15, 0.2) is 30.3 Å². The number of amides is 1. The average molecular weight is 367 g/mol. The smallest absolute Gasteiger partial charge is 0.257 e. The van der Waals surface area contributed by atoms with Gasteiger partial charge in [-0.15, -0.1) is 0 Å². The number of para-hydroxylation sites is 2. The first-order valence-corrected chi connectivity index (χ1v) is 7.62. The molecule has 0 fully saturated rings. The van der Waals surface area contributed by atoms with Gasteiger partial charge in [-0.25, -0.2) is 13.8 Å². The summed E-state index contributed by atoms with van der Waals surface area (Å²) in [6, 6.07) is 7.46. The summed E-state index contributed by atoms with van der Waals surface area (Å²) in [4.78, 5) is 19.1. The number of aromatic amines is 1. The maximum Gasteiger partial charge on any atom is 0.257 e. The molecule has 0 bridgehead atoms. The van der Waals surface area contributed by atoms with Gasteiger partial charge in [-0.3, -0.25) is 4.79 Å². The van der Waals surface area contributed by atoms with E-state index >= 15 is 0 Å². The summed E-state index contributed by atoms with van der Waals surface area (Å²) in [5.41, 5.74) is 1.65. The summed E-state index contributed by atoms with van der Waals surface area (Å²) in [7, 11) is 0. The predicted octanol–water partition coefficient (Wildman–Crippen LogP) is 2.86. The van der Waals surface area contributed by atoms with Crippen molar-refractivity contribution in [1.29, 1.82) is 0 Å². The lowest BCUT2D eigenvalue weighted by Gasteiger charge is -2.09. The second-order valence-corrected chi connectivity index (χ2v) is 5.39.